The number of benzene rings is 1. The van der Waals surface area contributed by atoms with E-state index < -0.39 is 24.0 Å². The maximum atomic E-state index is 13.3. The Bertz CT molecular complexity index is 1250. The second kappa shape index (κ2) is 16.0. The number of rotatable bonds is 19. The van der Waals surface area contributed by atoms with Crippen molar-refractivity contribution in [2.24, 2.45) is 17.8 Å². The van der Waals surface area contributed by atoms with Crippen molar-refractivity contribution in [3.8, 4) is 11.3 Å². The predicted octanol–water partition coefficient (Wildman–Crippen LogP) is 4.68. The van der Waals surface area contributed by atoms with Crippen molar-refractivity contribution in [2.75, 3.05) is 20.3 Å². The molecule has 2 heterocycles. The number of aromatic nitrogens is 1. The van der Waals surface area contributed by atoms with Crippen molar-refractivity contribution in [3.05, 3.63) is 47.4 Å². The Hall–Kier alpha value is -2.76. The maximum absolute atomic E-state index is 13.3. The summed E-state index contributed by atoms with van der Waals surface area (Å²) in [5.74, 6) is -1.51. The lowest BCUT2D eigenvalue weighted by Gasteiger charge is -2.27. The molecule has 1 aromatic heterocycles. The highest BCUT2D eigenvalue weighted by atomic mass is 19.1. The second-order valence-corrected chi connectivity index (χ2v) is 12.6. The molecule has 3 N–H and O–H groups in total. The molecule has 44 heavy (non-hydrogen) atoms. The van der Waals surface area contributed by atoms with Crippen LogP contribution in [0, 0.1) is 23.6 Å². The van der Waals surface area contributed by atoms with Gasteiger partial charge < -0.3 is 29.4 Å². The van der Waals surface area contributed by atoms with Gasteiger partial charge >= 0.3 is 0 Å². The molecule has 0 bridgehead atoms. The van der Waals surface area contributed by atoms with E-state index in [0.29, 0.717) is 30.7 Å². The second-order valence-electron chi connectivity index (χ2n) is 12.6. The van der Waals surface area contributed by atoms with Crippen LogP contribution in [0.15, 0.2) is 40.4 Å². The van der Waals surface area contributed by atoms with Crippen molar-refractivity contribution in [1.82, 2.24) is 10.1 Å². The Morgan fingerprint density at radius 3 is 2.50 bits per heavy atom. The molecule has 9 atom stereocenters. The van der Waals surface area contributed by atoms with E-state index in [-0.39, 0.29) is 48.2 Å². The van der Waals surface area contributed by atoms with Crippen molar-refractivity contribution in [1.29, 1.82) is 0 Å². The van der Waals surface area contributed by atoms with E-state index >= 15 is 0 Å². The highest BCUT2D eigenvalue weighted by Crippen LogP contribution is 2.48. The number of halogens is 1. The van der Waals surface area contributed by atoms with E-state index in [4.69, 9.17) is 9.26 Å². The Labute approximate surface area is 260 Å². The van der Waals surface area contributed by atoms with E-state index in [2.05, 4.69) is 17.0 Å². The normalized spacial score (nSPS) is 24.3. The molecule has 0 spiro atoms. The summed E-state index contributed by atoms with van der Waals surface area (Å²) in [5, 5.41) is 34.8. The smallest absolute Gasteiger partial charge is 0.167 e. The van der Waals surface area contributed by atoms with Crippen molar-refractivity contribution < 1.29 is 38.6 Å². The molecule has 1 fully saturated rings. The molecule has 1 aliphatic rings. The van der Waals surface area contributed by atoms with Crippen LogP contribution in [0.2, 0.25) is 0 Å². The molecule has 3 rings (SSSR count). The van der Waals surface area contributed by atoms with Gasteiger partial charge in [0.2, 0.25) is 0 Å². The van der Waals surface area contributed by atoms with Gasteiger partial charge in [0.25, 0.3) is 0 Å². The number of aliphatic hydroxyl groups excluding tert-OH is 3. The average Bonchev–Trinajstić information content (AvgIpc) is 3.29. The molecule has 244 valence electrons. The standard InChI is InChI=1S/C34H49FN2O7/c1-21(32(41)24(4)33(42)23(3)28(40)13-16-38)8-7-14-34(5)31(37(34)15-17-39)20-29(43-6)22(2)18-27-19-30(44-36-27)25-9-11-26(35)12-10-25/h9-12,16,18-19,21,23-24,28-29,31-32,39-41H,7-8,13-15,17,20H2,1-6H3/b22-18+/t21-,23?,24+,28-,29?,31?,32?,34+,37?/m0/s1. The summed E-state index contributed by atoms with van der Waals surface area (Å²) in [6, 6.07) is 8.03. The first-order valence-corrected chi connectivity index (χ1v) is 15.5. The molecule has 0 saturated carbocycles. The fourth-order valence-corrected chi connectivity index (χ4v) is 6.42. The zero-order valence-electron chi connectivity index (χ0n) is 26.8. The van der Waals surface area contributed by atoms with Crippen LogP contribution >= 0.6 is 0 Å². The number of carbonyl (C=O) groups excluding carboxylic acids is 2. The number of ether oxygens (including phenoxy) is 1. The number of nitrogens with zero attached hydrogens (tertiary/aromatic N) is 2. The lowest BCUT2D eigenvalue weighted by Crippen LogP contribution is -2.38. The van der Waals surface area contributed by atoms with Crippen LogP contribution in [0.5, 0.6) is 0 Å². The number of methoxy groups -OCH3 is 1. The zero-order valence-corrected chi connectivity index (χ0v) is 26.8. The number of β-amino-alcohol motifs (C(OH)–C–C–N with tert-alkyl or cyclic N) is 1. The van der Waals surface area contributed by atoms with Crippen LogP contribution in [-0.2, 0) is 14.3 Å². The molecule has 0 aliphatic carbocycles. The van der Waals surface area contributed by atoms with Gasteiger partial charge in [-0.1, -0.05) is 32.3 Å². The summed E-state index contributed by atoms with van der Waals surface area (Å²) >= 11 is 0. The number of aliphatic hydroxyl groups is 3. The minimum atomic E-state index is -1.04. The summed E-state index contributed by atoms with van der Waals surface area (Å²) in [7, 11) is 1.68. The van der Waals surface area contributed by atoms with E-state index in [9.17, 15) is 29.3 Å². The monoisotopic (exact) mass is 616 g/mol. The van der Waals surface area contributed by atoms with E-state index in [0.717, 1.165) is 30.4 Å². The van der Waals surface area contributed by atoms with Crippen molar-refractivity contribution >= 4 is 18.1 Å². The first kappa shape index (κ1) is 35.7. The summed E-state index contributed by atoms with van der Waals surface area (Å²) in [4.78, 5) is 25.8. The number of hydrogen-bond donors (Lipinski definition) is 3. The fraction of sp³-hybridized carbons (Fsp3) is 0.618. The molecule has 5 unspecified atom stereocenters. The number of ketones is 1. The fourth-order valence-electron chi connectivity index (χ4n) is 6.42. The first-order chi connectivity index (χ1) is 20.9. The van der Waals surface area contributed by atoms with Crippen LogP contribution in [-0.4, -0.2) is 87.6 Å². The molecular formula is C34H49FN2O7. The Kier molecular flexibility index (Phi) is 13.0. The molecule has 0 amide bonds. The molecule has 0 radical (unpaired) electrons. The molecule has 10 heteroatoms. The van der Waals surface area contributed by atoms with Gasteiger partial charge in [-0.25, -0.2) is 4.39 Å². The van der Waals surface area contributed by atoms with Gasteiger partial charge in [0, 0.05) is 55.1 Å². The van der Waals surface area contributed by atoms with Crippen LogP contribution in [0.1, 0.15) is 72.4 Å². The largest absolute Gasteiger partial charge is 0.395 e. The third kappa shape index (κ3) is 8.69. The van der Waals surface area contributed by atoms with Gasteiger partial charge in [0.05, 0.1) is 24.9 Å². The Balaban J connectivity index is 1.58. The summed E-state index contributed by atoms with van der Waals surface area (Å²) in [6.07, 6.45) is 3.46. The van der Waals surface area contributed by atoms with Gasteiger partial charge in [-0.05, 0) is 74.9 Å². The average molecular weight is 617 g/mol. The number of aldehydes is 1. The topological polar surface area (TPSA) is 133 Å². The quantitative estimate of drug-likeness (QED) is 0.152. The summed E-state index contributed by atoms with van der Waals surface area (Å²) in [5.41, 5.74) is 2.22. The van der Waals surface area contributed by atoms with E-state index in [1.807, 2.05) is 19.9 Å². The van der Waals surface area contributed by atoms with Gasteiger partial charge in [0.1, 0.15) is 23.6 Å². The maximum Gasteiger partial charge on any atom is 0.167 e. The van der Waals surface area contributed by atoms with Crippen LogP contribution in [0.3, 0.4) is 0 Å². The lowest BCUT2D eigenvalue weighted by molar-refractivity contribution is -0.134. The third-order valence-electron chi connectivity index (χ3n) is 9.54. The van der Waals surface area contributed by atoms with Gasteiger partial charge in [-0.2, -0.15) is 0 Å². The summed E-state index contributed by atoms with van der Waals surface area (Å²) in [6.45, 7) is 9.98. The molecule has 9 nitrogen and oxygen atoms in total. The van der Waals surface area contributed by atoms with Crippen molar-refractivity contribution in [2.45, 2.75) is 96.6 Å². The molecule has 1 aliphatic heterocycles. The van der Waals surface area contributed by atoms with E-state index in [1.54, 1.807) is 39.2 Å². The molecule has 2 aromatic rings. The number of Topliss-reactive ketones (excluding diaryl/α,β-unsaturated/α-hetero) is 1. The Morgan fingerprint density at radius 2 is 1.89 bits per heavy atom. The molecule has 1 aromatic carbocycles. The van der Waals surface area contributed by atoms with Gasteiger partial charge in [0.15, 0.2) is 5.76 Å². The highest BCUT2D eigenvalue weighted by molar-refractivity contribution is 5.84. The lowest BCUT2D eigenvalue weighted by atomic mass is 9.81. The van der Waals surface area contributed by atoms with E-state index in [1.165, 1.54) is 12.1 Å². The zero-order chi connectivity index (χ0) is 32.6. The van der Waals surface area contributed by atoms with Crippen molar-refractivity contribution in [3.63, 3.8) is 0 Å². The summed E-state index contributed by atoms with van der Waals surface area (Å²) < 4.78 is 24.6. The van der Waals surface area contributed by atoms with Crippen LogP contribution in [0.4, 0.5) is 4.39 Å². The van der Waals surface area contributed by atoms with Crippen LogP contribution in [0.25, 0.3) is 17.4 Å². The predicted molar refractivity (Wildman–Crippen MR) is 166 cm³/mol. The minimum absolute atomic E-state index is 0.0482. The van der Waals surface area contributed by atoms with Crippen LogP contribution < -0.4 is 0 Å². The third-order valence-corrected chi connectivity index (χ3v) is 9.54. The minimum Gasteiger partial charge on any atom is -0.395 e. The number of carbonyl (C=O) groups is 2. The highest BCUT2D eigenvalue weighted by Gasteiger charge is 2.58. The molecule has 1 saturated heterocycles. The number of hydrogen-bond acceptors (Lipinski definition) is 9. The Morgan fingerprint density at radius 1 is 1.20 bits per heavy atom. The SMILES string of the molecule is COC(CC1N(CCO)[C@]1(C)CCC[C@H](C)C(O)[C@@H](C)C(=O)C(C)[C@@H](O)CC=O)/C(C)=C/c1cc(-c2ccc(F)cc2)on1. The first-order valence-electron chi connectivity index (χ1n) is 15.5. The van der Waals surface area contributed by atoms with Gasteiger partial charge in [-0.3, -0.25) is 9.69 Å². The molecular weight excluding hydrogens is 567 g/mol. The van der Waals surface area contributed by atoms with Gasteiger partial charge in [-0.15, -0.1) is 0 Å².